The van der Waals surface area contributed by atoms with E-state index in [-0.39, 0.29) is 6.10 Å². The van der Waals surface area contributed by atoms with Gasteiger partial charge < -0.3 is 9.47 Å². The highest BCUT2D eigenvalue weighted by molar-refractivity contribution is 5.01. The first kappa shape index (κ1) is 7.49. The highest BCUT2D eigenvalue weighted by atomic mass is 16.5. The Hall–Kier alpha value is -1.16. The molecule has 0 bridgehead atoms. The maximum absolute atomic E-state index is 5.31. The first-order chi connectivity index (χ1) is 5.95. The van der Waals surface area contributed by atoms with Crippen LogP contribution in [0.1, 0.15) is 6.42 Å². The van der Waals surface area contributed by atoms with Crippen molar-refractivity contribution in [2.24, 2.45) is 0 Å². The molecule has 1 atom stereocenters. The third kappa shape index (κ3) is 1.71. The molecule has 1 aromatic heterocycles. The second kappa shape index (κ2) is 3.49. The first-order valence-corrected chi connectivity index (χ1v) is 3.95. The van der Waals surface area contributed by atoms with E-state index in [2.05, 4.69) is 9.97 Å². The van der Waals surface area contributed by atoms with Crippen LogP contribution in [-0.2, 0) is 4.74 Å². The SMILES string of the molecule is c1cnc(OCC2CCO2)cn1. The number of nitrogens with zero attached hydrogens (tertiary/aromatic N) is 2. The van der Waals surface area contributed by atoms with Gasteiger partial charge in [-0.25, -0.2) is 4.98 Å². The number of aromatic nitrogens is 2. The predicted octanol–water partition coefficient (Wildman–Crippen LogP) is 0.644. The van der Waals surface area contributed by atoms with Crippen molar-refractivity contribution >= 4 is 0 Å². The molecule has 64 valence electrons. The van der Waals surface area contributed by atoms with Crippen molar-refractivity contribution < 1.29 is 9.47 Å². The van der Waals surface area contributed by atoms with Gasteiger partial charge in [0, 0.05) is 25.4 Å². The van der Waals surface area contributed by atoms with Gasteiger partial charge in [0.15, 0.2) is 0 Å². The van der Waals surface area contributed by atoms with Crippen LogP contribution in [0.3, 0.4) is 0 Å². The molecule has 0 saturated carbocycles. The van der Waals surface area contributed by atoms with Crippen molar-refractivity contribution in [1.82, 2.24) is 9.97 Å². The molecule has 1 fully saturated rings. The summed E-state index contributed by atoms with van der Waals surface area (Å²) in [6, 6.07) is 0. The van der Waals surface area contributed by atoms with Crippen molar-refractivity contribution in [3.8, 4) is 5.88 Å². The minimum Gasteiger partial charge on any atom is -0.474 e. The summed E-state index contributed by atoms with van der Waals surface area (Å²) in [4.78, 5) is 7.85. The van der Waals surface area contributed by atoms with Gasteiger partial charge in [0.25, 0.3) is 0 Å². The van der Waals surface area contributed by atoms with E-state index in [1.165, 1.54) is 0 Å². The Morgan fingerprint density at radius 3 is 3.08 bits per heavy atom. The first-order valence-electron chi connectivity index (χ1n) is 3.95. The maximum Gasteiger partial charge on any atom is 0.232 e. The van der Waals surface area contributed by atoms with Gasteiger partial charge in [0.2, 0.25) is 5.88 Å². The molecule has 0 radical (unpaired) electrons. The molecule has 1 aliphatic heterocycles. The van der Waals surface area contributed by atoms with Gasteiger partial charge in [-0.05, 0) is 0 Å². The van der Waals surface area contributed by atoms with E-state index < -0.39 is 0 Å². The molecule has 2 rings (SSSR count). The van der Waals surface area contributed by atoms with Gasteiger partial charge in [0.1, 0.15) is 6.61 Å². The zero-order chi connectivity index (χ0) is 8.23. The van der Waals surface area contributed by atoms with Crippen LogP contribution >= 0.6 is 0 Å². The molecule has 0 aromatic carbocycles. The summed E-state index contributed by atoms with van der Waals surface area (Å²) in [5, 5.41) is 0. The molecule has 4 heteroatoms. The Balaban J connectivity index is 1.79. The topological polar surface area (TPSA) is 44.2 Å². The highest BCUT2D eigenvalue weighted by Gasteiger charge is 2.18. The monoisotopic (exact) mass is 166 g/mol. The van der Waals surface area contributed by atoms with E-state index in [1.54, 1.807) is 18.6 Å². The van der Waals surface area contributed by atoms with Gasteiger partial charge >= 0.3 is 0 Å². The maximum atomic E-state index is 5.31. The molecule has 0 N–H and O–H groups in total. The Labute approximate surface area is 70.6 Å². The van der Waals surface area contributed by atoms with Crippen LogP contribution in [0, 0.1) is 0 Å². The van der Waals surface area contributed by atoms with Crippen LogP contribution < -0.4 is 4.74 Å². The number of ether oxygens (including phenoxy) is 2. The summed E-state index contributed by atoms with van der Waals surface area (Å²) in [5.74, 6) is 0.563. The Kier molecular flexibility index (Phi) is 2.18. The van der Waals surface area contributed by atoms with Crippen LogP contribution in [0.2, 0.25) is 0 Å². The van der Waals surface area contributed by atoms with Crippen molar-refractivity contribution in [2.75, 3.05) is 13.2 Å². The Morgan fingerprint density at radius 2 is 2.50 bits per heavy atom. The van der Waals surface area contributed by atoms with Crippen LogP contribution in [0.15, 0.2) is 18.6 Å². The number of hydrogen-bond donors (Lipinski definition) is 0. The Morgan fingerprint density at radius 1 is 1.58 bits per heavy atom. The second-order valence-corrected chi connectivity index (χ2v) is 2.64. The summed E-state index contributed by atoms with van der Waals surface area (Å²) in [6.07, 6.45) is 6.16. The standard InChI is InChI=1S/C8H10N2O2/c1-4-11-7(1)6-12-8-5-9-2-3-10-8/h2-3,5,7H,1,4,6H2. The molecule has 0 aliphatic carbocycles. The summed E-state index contributed by atoms with van der Waals surface area (Å²) >= 11 is 0. The molecule has 12 heavy (non-hydrogen) atoms. The fraction of sp³-hybridized carbons (Fsp3) is 0.500. The number of rotatable bonds is 3. The van der Waals surface area contributed by atoms with Crippen LogP contribution in [-0.4, -0.2) is 29.3 Å². The Bertz CT molecular complexity index is 236. The molecule has 0 spiro atoms. The smallest absolute Gasteiger partial charge is 0.232 e. The van der Waals surface area contributed by atoms with E-state index in [9.17, 15) is 0 Å². The molecule has 1 unspecified atom stereocenters. The van der Waals surface area contributed by atoms with E-state index in [0.29, 0.717) is 12.5 Å². The van der Waals surface area contributed by atoms with E-state index >= 15 is 0 Å². The lowest BCUT2D eigenvalue weighted by atomic mass is 10.2. The van der Waals surface area contributed by atoms with Gasteiger partial charge in [-0.15, -0.1) is 0 Å². The fourth-order valence-corrected chi connectivity index (χ4v) is 0.954. The highest BCUT2D eigenvalue weighted by Crippen LogP contribution is 2.12. The molecule has 2 heterocycles. The molecule has 0 amide bonds. The summed E-state index contributed by atoms with van der Waals surface area (Å²) in [5.41, 5.74) is 0. The molecular formula is C8H10N2O2. The second-order valence-electron chi connectivity index (χ2n) is 2.64. The minimum atomic E-state index is 0.256. The average Bonchev–Trinajstić information content (AvgIpc) is 2.04. The lowest BCUT2D eigenvalue weighted by Crippen LogP contribution is -2.32. The molecule has 1 aliphatic rings. The van der Waals surface area contributed by atoms with E-state index in [4.69, 9.17) is 9.47 Å². The molecule has 1 saturated heterocycles. The summed E-state index contributed by atoms with van der Waals surface area (Å²) < 4.78 is 10.5. The normalized spacial score (nSPS) is 21.5. The molecule has 1 aromatic rings. The lowest BCUT2D eigenvalue weighted by Gasteiger charge is -2.25. The van der Waals surface area contributed by atoms with E-state index in [1.807, 2.05) is 0 Å². The van der Waals surface area contributed by atoms with Gasteiger partial charge in [-0.1, -0.05) is 0 Å². The number of hydrogen-bond acceptors (Lipinski definition) is 4. The third-order valence-corrected chi connectivity index (χ3v) is 1.75. The summed E-state index contributed by atoms with van der Waals surface area (Å²) in [6.45, 7) is 1.44. The van der Waals surface area contributed by atoms with Crippen molar-refractivity contribution in [2.45, 2.75) is 12.5 Å². The third-order valence-electron chi connectivity index (χ3n) is 1.75. The lowest BCUT2D eigenvalue weighted by molar-refractivity contribution is -0.0727. The fourth-order valence-electron chi connectivity index (χ4n) is 0.954. The molecular weight excluding hydrogens is 156 g/mol. The predicted molar refractivity (Wildman–Crippen MR) is 41.9 cm³/mol. The van der Waals surface area contributed by atoms with Crippen LogP contribution in [0.4, 0.5) is 0 Å². The van der Waals surface area contributed by atoms with Crippen LogP contribution in [0.5, 0.6) is 5.88 Å². The largest absolute Gasteiger partial charge is 0.474 e. The average molecular weight is 166 g/mol. The molecule has 4 nitrogen and oxygen atoms in total. The van der Waals surface area contributed by atoms with E-state index in [0.717, 1.165) is 13.0 Å². The zero-order valence-electron chi connectivity index (χ0n) is 6.64. The van der Waals surface area contributed by atoms with Crippen molar-refractivity contribution in [1.29, 1.82) is 0 Å². The van der Waals surface area contributed by atoms with Crippen molar-refractivity contribution in [3.63, 3.8) is 0 Å². The van der Waals surface area contributed by atoms with Gasteiger partial charge in [-0.2, -0.15) is 0 Å². The van der Waals surface area contributed by atoms with Gasteiger partial charge in [0.05, 0.1) is 12.3 Å². The van der Waals surface area contributed by atoms with Crippen LogP contribution in [0.25, 0.3) is 0 Å². The van der Waals surface area contributed by atoms with Crippen molar-refractivity contribution in [3.05, 3.63) is 18.6 Å². The van der Waals surface area contributed by atoms with Gasteiger partial charge in [-0.3, -0.25) is 4.98 Å². The quantitative estimate of drug-likeness (QED) is 0.661. The summed E-state index contributed by atoms with van der Waals surface area (Å²) in [7, 11) is 0. The zero-order valence-corrected chi connectivity index (χ0v) is 6.64. The minimum absolute atomic E-state index is 0.256.